The third-order valence-corrected chi connectivity index (χ3v) is 5.47. The van der Waals surface area contributed by atoms with Crippen LogP contribution in [0.3, 0.4) is 0 Å². The second-order valence-electron chi connectivity index (χ2n) is 6.09. The van der Waals surface area contributed by atoms with E-state index in [1.54, 1.807) is 6.26 Å². The highest BCUT2D eigenvalue weighted by Gasteiger charge is 2.67. The molecule has 1 unspecified atom stereocenters. The molecule has 2 nitrogen and oxygen atoms in total. The molecule has 1 aliphatic carbocycles. The number of nitrogens with one attached hydrogen (secondary N) is 1. The lowest BCUT2D eigenvalue weighted by atomic mass is 10.0. The van der Waals surface area contributed by atoms with Crippen LogP contribution in [0.15, 0.2) is 21.2 Å². The van der Waals surface area contributed by atoms with Crippen LogP contribution in [-0.2, 0) is 0 Å². The highest BCUT2D eigenvalue weighted by atomic mass is 79.9. The van der Waals surface area contributed by atoms with Gasteiger partial charge in [0.15, 0.2) is 0 Å². The molecule has 1 fully saturated rings. The van der Waals surface area contributed by atoms with Crippen molar-refractivity contribution in [3.05, 3.63) is 22.6 Å². The summed E-state index contributed by atoms with van der Waals surface area (Å²) in [5.41, 5.74) is 0.706. The largest absolute Gasteiger partial charge is 0.466 e. The molecule has 1 aliphatic rings. The average Bonchev–Trinajstić information content (AvgIpc) is 2.56. The van der Waals surface area contributed by atoms with Crippen molar-refractivity contribution in [2.24, 2.45) is 16.7 Å². The Kier molecular flexibility index (Phi) is 3.20. The maximum atomic E-state index is 5.66. The molecule has 1 N–H and O–H groups in total. The van der Waals surface area contributed by atoms with Crippen molar-refractivity contribution in [1.82, 2.24) is 5.32 Å². The molecule has 0 bridgehead atoms. The van der Waals surface area contributed by atoms with Crippen LogP contribution in [0.2, 0.25) is 0 Å². The minimum Gasteiger partial charge on any atom is -0.466 e. The molecule has 96 valence electrons. The molecule has 0 saturated heterocycles. The van der Waals surface area contributed by atoms with E-state index >= 15 is 0 Å². The maximum absolute atomic E-state index is 5.66. The first-order valence-corrected chi connectivity index (χ1v) is 7.09. The second kappa shape index (κ2) is 4.13. The molecule has 1 heterocycles. The number of rotatable bonds is 4. The van der Waals surface area contributed by atoms with Crippen LogP contribution in [-0.4, -0.2) is 6.54 Å². The number of furan rings is 1. The Bertz CT molecular complexity index is 394. The van der Waals surface area contributed by atoms with Crippen molar-refractivity contribution in [1.29, 1.82) is 0 Å². The molecule has 0 radical (unpaired) electrons. The summed E-state index contributed by atoms with van der Waals surface area (Å²) >= 11 is 3.57. The first kappa shape index (κ1) is 13.2. The summed E-state index contributed by atoms with van der Waals surface area (Å²) in [6, 6.07) is 2.27. The first-order valence-electron chi connectivity index (χ1n) is 6.30. The number of hydrogen-bond acceptors (Lipinski definition) is 2. The lowest BCUT2D eigenvalue weighted by Crippen LogP contribution is -2.25. The molecule has 2 rings (SSSR count). The van der Waals surface area contributed by atoms with Crippen molar-refractivity contribution >= 4 is 15.9 Å². The van der Waals surface area contributed by atoms with Gasteiger partial charge < -0.3 is 9.73 Å². The zero-order valence-electron chi connectivity index (χ0n) is 11.3. The van der Waals surface area contributed by atoms with Crippen LogP contribution in [0.25, 0.3) is 0 Å². The lowest BCUT2D eigenvalue weighted by Gasteiger charge is -2.18. The minimum atomic E-state index is 0.300. The fourth-order valence-corrected chi connectivity index (χ4v) is 3.64. The molecule has 1 saturated carbocycles. The van der Waals surface area contributed by atoms with Gasteiger partial charge in [0.05, 0.1) is 16.8 Å². The summed E-state index contributed by atoms with van der Waals surface area (Å²) in [4.78, 5) is 0. The van der Waals surface area contributed by atoms with E-state index in [1.807, 2.05) is 6.07 Å². The smallest absolute Gasteiger partial charge is 0.135 e. The third-order valence-electron chi connectivity index (χ3n) is 4.82. The van der Waals surface area contributed by atoms with Crippen molar-refractivity contribution in [3.63, 3.8) is 0 Å². The van der Waals surface area contributed by atoms with E-state index in [-0.39, 0.29) is 0 Å². The fourth-order valence-electron chi connectivity index (χ4n) is 3.19. The molecular formula is C14H22BrNO. The Morgan fingerprint density at radius 2 is 1.94 bits per heavy atom. The van der Waals surface area contributed by atoms with E-state index in [9.17, 15) is 0 Å². The SMILES string of the molecule is CCNC(c1occc1Br)C1C(C)(C)C1(C)C. The van der Waals surface area contributed by atoms with Gasteiger partial charge in [0.25, 0.3) is 0 Å². The summed E-state index contributed by atoms with van der Waals surface area (Å²) in [6.07, 6.45) is 1.76. The van der Waals surface area contributed by atoms with E-state index in [1.165, 1.54) is 0 Å². The number of halogens is 1. The summed E-state index contributed by atoms with van der Waals surface area (Å²) in [5, 5.41) is 3.58. The summed E-state index contributed by atoms with van der Waals surface area (Å²) in [6.45, 7) is 12.5. The highest BCUT2D eigenvalue weighted by molar-refractivity contribution is 9.10. The van der Waals surface area contributed by atoms with E-state index in [2.05, 4.69) is 55.9 Å². The monoisotopic (exact) mass is 299 g/mol. The van der Waals surface area contributed by atoms with E-state index in [0.29, 0.717) is 22.8 Å². The number of hydrogen-bond donors (Lipinski definition) is 1. The van der Waals surface area contributed by atoms with Crippen LogP contribution in [0.1, 0.15) is 46.4 Å². The topological polar surface area (TPSA) is 25.2 Å². The molecule has 17 heavy (non-hydrogen) atoms. The summed E-state index contributed by atoms with van der Waals surface area (Å²) < 4.78 is 6.73. The van der Waals surface area contributed by atoms with Gasteiger partial charge in [-0.25, -0.2) is 0 Å². The Hall–Kier alpha value is -0.280. The van der Waals surface area contributed by atoms with Gasteiger partial charge in [-0.15, -0.1) is 0 Å². The van der Waals surface area contributed by atoms with Crippen molar-refractivity contribution in [3.8, 4) is 0 Å². The molecular weight excluding hydrogens is 278 g/mol. The Morgan fingerprint density at radius 3 is 2.29 bits per heavy atom. The van der Waals surface area contributed by atoms with Gasteiger partial charge in [-0.3, -0.25) is 0 Å². The molecule has 0 aromatic carbocycles. The average molecular weight is 300 g/mol. The van der Waals surface area contributed by atoms with Gasteiger partial charge in [0.2, 0.25) is 0 Å². The standard InChI is InChI=1S/C14H22BrNO/c1-6-16-10(11-9(15)7-8-17-11)12-13(2,3)14(12,4)5/h7-8,10,12,16H,6H2,1-5H3. The Balaban J connectivity index is 2.30. The predicted molar refractivity (Wildman–Crippen MR) is 73.9 cm³/mol. The molecule has 0 aliphatic heterocycles. The third kappa shape index (κ3) is 1.88. The summed E-state index contributed by atoms with van der Waals surface area (Å²) in [5.74, 6) is 1.65. The molecule has 0 spiro atoms. The van der Waals surface area contributed by atoms with Crippen LogP contribution < -0.4 is 5.32 Å². The van der Waals surface area contributed by atoms with Gasteiger partial charge in [-0.1, -0.05) is 34.6 Å². The lowest BCUT2D eigenvalue weighted by molar-refractivity contribution is 0.345. The van der Waals surface area contributed by atoms with Gasteiger partial charge in [0.1, 0.15) is 5.76 Å². The Labute approximate surface area is 112 Å². The van der Waals surface area contributed by atoms with Crippen LogP contribution in [0.4, 0.5) is 0 Å². The zero-order chi connectivity index (χ0) is 12.8. The van der Waals surface area contributed by atoms with Gasteiger partial charge in [-0.05, 0) is 45.3 Å². The van der Waals surface area contributed by atoms with Gasteiger partial charge >= 0.3 is 0 Å². The van der Waals surface area contributed by atoms with Crippen molar-refractivity contribution < 1.29 is 4.42 Å². The summed E-state index contributed by atoms with van der Waals surface area (Å²) in [7, 11) is 0. The zero-order valence-corrected chi connectivity index (χ0v) is 12.9. The van der Waals surface area contributed by atoms with E-state index < -0.39 is 0 Å². The van der Waals surface area contributed by atoms with Crippen LogP contribution in [0, 0.1) is 16.7 Å². The highest BCUT2D eigenvalue weighted by Crippen LogP contribution is 2.72. The first-order chi connectivity index (χ1) is 7.84. The molecule has 1 atom stereocenters. The molecule has 1 aromatic heterocycles. The normalized spacial score (nSPS) is 23.6. The quantitative estimate of drug-likeness (QED) is 0.893. The predicted octanol–water partition coefficient (Wildman–Crippen LogP) is 4.37. The van der Waals surface area contributed by atoms with Crippen LogP contribution >= 0.6 is 15.9 Å². The van der Waals surface area contributed by atoms with Crippen LogP contribution in [0.5, 0.6) is 0 Å². The maximum Gasteiger partial charge on any atom is 0.135 e. The molecule has 3 heteroatoms. The fraction of sp³-hybridized carbons (Fsp3) is 0.714. The van der Waals surface area contributed by atoms with Gasteiger partial charge in [0, 0.05) is 0 Å². The van der Waals surface area contributed by atoms with Crippen molar-refractivity contribution in [2.75, 3.05) is 6.54 Å². The molecule has 1 aromatic rings. The molecule has 0 amide bonds. The minimum absolute atomic E-state index is 0.300. The van der Waals surface area contributed by atoms with Crippen molar-refractivity contribution in [2.45, 2.75) is 40.7 Å². The Morgan fingerprint density at radius 1 is 1.35 bits per heavy atom. The second-order valence-corrected chi connectivity index (χ2v) is 6.94. The van der Waals surface area contributed by atoms with Gasteiger partial charge in [-0.2, -0.15) is 0 Å². The van der Waals surface area contributed by atoms with E-state index in [4.69, 9.17) is 4.42 Å². The van der Waals surface area contributed by atoms with E-state index in [0.717, 1.165) is 16.8 Å².